The zero-order chi connectivity index (χ0) is 23.0. The van der Waals surface area contributed by atoms with E-state index in [4.69, 9.17) is 4.52 Å². The SMILES string of the molecule is Cc1noc(C)c1S(=O)(=O)N1CCC[C@@H](C(=O)N[C@H](c2ccc(F)cc2)C(C)(C)C)C1. The molecular weight excluding hydrogens is 421 g/mol. The van der Waals surface area contributed by atoms with Gasteiger partial charge in [0.2, 0.25) is 15.9 Å². The average molecular weight is 452 g/mol. The minimum Gasteiger partial charge on any atom is -0.360 e. The number of hydrogen-bond acceptors (Lipinski definition) is 5. The van der Waals surface area contributed by atoms with E-state index >= 15 is 0 Å². The number of aryl methyl sites for hydroxylation is 2. The maximum absolute atomic E-state index is 13.4. The number of benzene rings is 1. The first-order valence-corrected chi connectivity index (χ1v) is 11.8. The second-order valence-electron chi connectivity index (χ2n) is 9.21. The van der Waals surface area contributed by atoms with Gasteiger partial charge in [0, 0.05) is 13.1 Å². The van der Waals surface area contributed by atoms with Crippen LogP contribution in [-0.4, -0.2) is 36.9 Å². The molecule has 0 spiro atoms. The van der Waals surface area contributed by atoms with E-state index < -0.39 is 15.9 Å². The first-order chi connectivity index (χ1) is 14.4. The number of amides is 1. The number of hydrogen-bond donors (Lipinski definition) is 1. The summed E-state index contributed by atoms with van der Waals surface area (Å²) in [6.07, 6.45) is 1.18. The number of aromatic nitrogens is 1. The van der Waals surface area contributed by atoms with E-state index in [2.05, 4.69) is 10.5 Å². The lowest BCUT2D eigenvalue weighted by Gasteiger charge is -2.35. The number of nitrogens with one attached hydrogen (secondary N) is 1. The van der Waals surface area contributed by atoms with E-state index in [1.807, 2.05) is 20.8 Å². The predicted molar refractivity (Wildman–Crippen MR) is 114 cm³/mol. The van der Waals surface area contributed by atoms with Crippen LogP contribution in [0, 0.1) is 31.0 Å². The van der Waals surface area contributed by atoms with Gasteiger partial charge in [-0.2, -0.15) is 4.31 Å². The zero-order valence-electron chi connectivity index (χ0n) is 18.6. The lowest BCUT2D eigenvalue weighted by molar-refractivity contribution is -0.127. The summed E-state index contributed by atoms with van der Waals surface area (Å²) >= 11 is 0. The van der Waals surface area contributed by atoms with Crippen molar-refractivity contribution in [2.24, 2.45) is 11.3 Å². The summed E-state index contributed by atoms with van der Waals surface area (Å²) < 4.78 is 46.0. The second kappa shape index (κ2) is 8.70. The van der Waals surface area contributed by atoms with E-state index in [0.717, 1.165) is 5.56 Å². The molecule has 1 aromatic heterocycles. The highest BCUT2D eigenvalue weighted by Crippen LogP contribution is 2.34. The molecule has 1 N–H and O–H groups in total. The zero-order valence-corrected chi connectivity index (χ0v) is 19.4. The minimum atomic E-state index is -3.80. The van der Waals surface area contributed by atoms with Gasteiger partial charge in [0.1, 0.15) is 16.4 Å². The van der Waals surface area contributed by atoms with Crippen molar-refractivity contribution in [3.05, 3.63) is 47.1 Å². The Kier molecular flexibility index (Phi) is 6.57. The lowest BCUT2D eigenvalue weighted by atomic mass is 9.82. The number of halogens is 1. The summed E-state index contributed by atoms with van der Waals surface area (Å²) in [5, 5.41) is 6.83. The molecule has 1 aliphatic heterocycles. The van der Waals surface area contributed by atoms with Crippen LogP contribution in [0.25, 0.3) is 0 Å². The number of carbonyl (C=O) groups is 1. The molecule has 2 heterocycles. The Morgan fingerprint density at radius 1 is 1.26 bits per heavy atom. The van der Waals surface area contributed by atoms with Crippen LogP contribution in [0.2, 0.25) is 0 Å². The molecule has 2 aromatic rings. The molecule has 3 rings (SSSR count). The van der Waals surface area contributed by atoms with Crippen LogP contribution < -0.4 is 5.32 Å². The van der Waals surface area contributed by atoms with Crippen LogP contribution in [-0.2, 0) is 14.8 Å². The van der Waals surface area contributed by atoms with E-state index in [-0.39, 0.29) is 40.4 Å². The highest BCUT2D eigenvalue weighted by molar-refractivity contribution is 7.89. The third-order valence-electron chi connectivity index (χ3n) is 5.68. The Balaban J connectivity index is 1.79. The molecule has 0 saturated carbocycles. The van der Waals surface area contributed by atoms with Crippen molar-refractivity contribution in [3.63, 3.8) is 0 Å². The fourth-order valence-corrected chi connectivity index (χ4v) is 5.88. The third kappa shape index (κ3) is 4.98. The van der Waals surface area contributed by atoms with E-state index in [9.17, 15) is 17.6 Å². The van der Waals surface area contributed by atoms with Gasteiger partial charge in [-0.1, -0.05) is 38.1 Å². The Morgan fingerprint density at radius 2 is 1.90 bits per heavy atom. The van der Waals surface area contributed by atoms with Gasteiger partial charge >= 0.3 is 0 Å². The quantitative estimate of drug-likeness (QED) is 0.748. The van der Waals surface area contributed by atoms with Crippen molar-refractivity contribution >= 4 is 15.9 Å². The molecule has 1 saturated heterocycles. The molecule has 1 aliphatic rings. The molecule has 2 atom stereocenters. The van der Waals surface area contributed by atoms with Gasteiger partial charge in [-0.3, -0.25) is 4.79 Å². The lowest BCUT2D eigenvalue weighted by Crippen LogP contribution is -2.47. The molecule has 0 bridgehead atoms. The van der Waals surface area contributed by atoms with Gasteiger partial charge in [-0.15, -0.1) is 0 Å². The predicted octanol–water partition coefficient (Wildman–Crippen LogP) is 3.73. The smallest absolute Gasteiger partial charge is 0.248 e. The number of rotatable bonds is 5. The van der Waals surface area contributed by atoms with Crippen molar-refractivity contribution in [1.82, 2.24) is 14.8 Å². The molecule has 31 heavy (non-hydrogen) atoms. The van der Waals surface area contributed by atoms with E-state index in [1.54, 1.807) is 26.0 Å². The molecule has 0 aliphatic carbocycles. The van der Waals surface area contributed by atoms with E-state index in [0.29, 0.717) is 25.1 Å². The molecule has 1 amide bonds. The van der Waals surface area contributed by atoms with Crippen LogP contribution in [0.5, 0.6) is 0 Å². The molecular formula is C22H30FN3O4S. The van der Waals surface area contributed by atoms with E-state index in [1.165, 1.54) is 16.4 Å². The summed E-state index contributed by atoms with van der Waals surface area (Å²) in [6, 6.07) is 5.74. The van der Waals surface area contributed by atoms with Crippen molar-refractivity contribution in [2.45, 2.75) is 58.4 Å². The average Bonchev–Trinajstić information content (AvgIpc) is 3.05. The summed E-state index contributed by atoms with van der Waals surface area (Å²) in [4.78, 5) is 13.2. The molecule has 7 nitrogen and oxygen atoms in total. The monoisotopic (exact) mass is 451 g/mol. The fraction of sp³-hybridized carbons (Fsp3) is 0.545. The van der Waals surface area contributed by atoms with Crippen molar-refractivity contribution in [2.75, 3.05) is 13.1 Å². The van der Waals surface area contributed by atoms with Crippen LogP contribution >= 0.6 is 0 Å². The summed E-state index contributed by atoms with van der Waals surface area (Å²) in [5.74, 6) is -0.777. The second-order valence-corrected chi connectivity index (χ2v) is 11.1. The molecule has 1 fully saturated rings. The highest BCUT2D eigenvalue weighted by Gasteiger charge is 2.38. The topological polar surface area (TPSA) is 92.5 Å². The van der Waals surface area contributed by atoms with Gasteiger partial charge in [0.15, 0.2) is 5.76 Å². The first kappa shape index (κ1) is 23.4. The third-order valence-corrected chi connectivity index (χ3v) is 7.79. The normalized spacial score (nSPS) is 19.2. The van der Waals surface area contributed by atoms with Gasteiger partial charge < -0.3 is 9.84 Å². The van der Waals surface area contributed by atoms with Gasteiger partial charge in [-0.25, -0.2) is 12.8 Å². The Morgan fingerprint density at radius 3 is 2.45 bits per heavy atom. The number of nitrogens with zero attached hydrogens (tertiary/aromatic N) is 2. The largest absolute Gasteiger partial charge is 0.360 e. The number of sulfonamides is 1. The van der Waals surface area contributed by atoms with Crippen molar-refractivity contribution in [1.29, 1.82) is 0 Å². The minimum absolute atomic E-state index is 0.0763. The highest BCUT2D eigenvalue weighted by atomic mass is 32.2. The number of piperidine rings is 1. The molecule has 170 valence electrons. The fourth-order valence-electron chi connectivity index (χ4n) is 4.06. The maximum atomic E-state index is 13.4. The molecule has 9 heteroatoms. The molecule has 1 aromatic carbocycles. The standard InChI is InChI=1S/C22H30FN3O4S/c1-14-19(15(2)30-25-14)31(28,29)26-12-6-7-17(13-26)21(27)24-20(22(3,4)5)16-8-10-18(23)11-9-16/h8-11,17,20H,6-7,12-13H2,1-5H3,(H,24,27)/t17-,20-/m1/s1. The van der Waals surface area contributed by atoms with Crippen LogP contribution in [0.4, 0.5) is 4.39 Å². The molecule has 0 radical (unpaired) electrons. The van der Waals surface area contributed by atoms with Crippen LogP contribution in [0.1, 0.15) is 56.7 Å². The Hall–Kier alpha value is -2.26. The first-order valence-electron chi connectivity index (χ1n) is 10.4. The molecule has 0 unspecified atom stereocenters. The van der Waals surface area contributed by atoms with Crippen LogP contribution in [0.15, 0.2) is 33.7 Å². The summed E-state index contributed by atoms with van der Waals surface area (Å²) in [7, 11) is -3.80. The van der Waals surface area contributed by atoms with Gasteiger partial charge in [0.25, 0.3) is 0 Å². The summed E-state index contributed by atoms with van der Waals surface area (Å²) in [6.45, 7) is 9.59. The van der Waals surface area contributed by atoms with Gasteiger partial charge in [0.05, 0.1) is 12.0 Å². The Bertz CT molecular complexity index is 1020. The number of carbonyl (C=O) groups excluding carboxylic acids is 1. The van der Waals surface area contributed by atoms with Crippen LogP contribution in [0.3, 0.4) is 0 Å². The maximum Gasteiger partial charge on any atom is 0.248 e. The van der Waals surface area contributed by atoms with Gasteiger partial charge in [-0.05, 0) is 49.8 Å². The van der Waals surface area contributed by atoms with Crippen molar-refractivity contribution in [3.8, 4) is 0 Å². The summed E-state index contributed by atoms with van der Waals surface area (Å²) in [5.41, 5.74) is 0.802. The van der Waals surface area contributed by atoms with Crippen molar-refractivity contribution < 1.29 is 22.1 Å². The Labute approximate surface area is 183 Å².